The van der Waals surface area contributed by atoms with Gasteiger partial charge in [-0.25, -0.2) is 8.42 Å². The third-order valence-corrected chi connectivity index (χ3v) is 3.87. The van der Waals surface area contributed by atoms with Gasteiger partial charge in [0.2, 0.25) is 0 Å². The summed E-state index contributed by atoms with van der Waals surface area (Å²) >= 11 is 0. The van der Waals surface area contributed by atoms with Crippen molar-refractivity contribution in [1.82, 2.24) is 5.32 Å². The zero-order valence-electron chi connectivity index (χ0n) is 9.82. The summed E-state index contributed by atoms with van der Waals surface area (Å²) in [7, 11) is -1.19. The van der Waals surface area contributed by atoms with Crippen molar-refractivity contribution in [3.05, 3.63) is 23.7 Å². The molecule has 0 saturated heterocycles. The molecule has 1 heterocycles. The molecule has 0 fully saturated rings. The highest BCUT2D eigenvalue weighted by Crippen LogP contribution is 2.12. The highest BCUT2D eigenvalue weighted by molar-refractivity contribution is 7.90. The van der Waals surface area contributed by atoms with Gasteiger partial charge in [0.25, 0.3) is 0 Å². The zero-order valence-corrected chi connectivity index (χ0v) is 10.6. The van der Waals surface area contributed by atoms with Gasteiger partial charge >= 0.3 is 0 Å². The van der Waals surface area contributed by atoms with E-state index in [-0.39, 0.29) is 11.5 Å². The Labute approximate surface area is 97.0 Å². The molecule has 0 amide bonds. The van der Waals surface area contributed by atoms with Crippen LogP contribution in [0.2, 0.25) is 0 Å². The lowest BCUT2D eigenvalue weighted by molar-refractivity contribution is 0.465. The Morgan fingerprint density at radius 2 is 2.00 bits per heavy atom. The van der Waals surface area contributed by atoms with E-state index in [0.29, 0.717) is 18.7 Å². The first-order chi connectivity index (χ1) is 7.57. The summed E-state index contributed by atoms with van der Waals surface area (Å²) in [6.45, 7) is 2.60. The van der Waals surface area contributed by atoms with Gasteiger partial charge in [0, 0.05) is 0 Å². The van der Waals surface area contributed by atoms with Crippen LogP contribution in [0, 0.1) is 0 Å². The quantitative estimate of drug-likeness (QED) is 0.794. The van der Waals surface area contributed by atoms with Gasteiger partial charge in [-0.15, -0.1) is 0 Å². The van der Waals surface area contributed by atoms with Gasteiger partial charge in [0.1, 0.15) is 17.3 Å². The van der Waals surface area contributed by atoms with Crippen molar-refractivity contribution < 1.29 is 12.8 Å². The van der Waals surface area contributed by atoms with Crippen LogP contribution in [-0.2, 0) is 22.1 Å². The van der Waals surface area contributed by atoms with Crippen molar-refractivity contribution >= 4 is 9.84 Å². The second-order valence-corrected chi connectivity index (χ2v) is 6.03. The minimum atomic E-state index is -3.01. The molecule has 0 aromatic carbocycles. The molecule has 1 rings (SSSR count). The number of rotatable bonds is 7. The number of sulfone groups is 1. The van der Waals surface area contributed by atoms with E-state index in [4.69, 9.17) is 4.42 Å². The minimum Gasteiger partial charge on any atom is -0.464 e. The molecule has 1 N–H and O–H groups in total. The Bertz CT molecular complexity index is 409. The molecule has 0 unspecified atom stereocenters. The molecular formula is C11H19NO3S. The SMILES string of the molecule is CCCCS(=O)(=O)Cc1ccc(CNC)o1. The summed E-state index contributed by atoms with van der Waals surface area (Å²) in [4.78, 5) is 0. The van der Waals surface area contributed by atoms with Crippen molar-refractivity contribution in [3.63, 3.8) is 0 Å². The molecule has 5 heteroatoms. The van der Waals surface area contributed by atoms with E-state index in [1.54, 1.807) is 12.1 Å². The predicted octanol–water partition coefficient (Wildman–Crippen LogP) is 1.71. The van der Waals surface area contributed by atoms with Crippen LogP contribution in [0.25, 0.3) is 0 Å². The number of unbranched alkanes of at least 4 members (excludes halogenated alkanes) is 1. The smallest absolute Gasteiger partial charge is 0.157 e. The Hall–Kier alpha value is -0.810. The van der Waals surface area contributed by atoms with Crippen LogP contribution < -0.4 is 5.32 Å². The van der Waals surface area contributed by atoms with Crippen molar-refractivity contribution in [3.8, 4) is 0 Å². The molecule has 1 aromatic heterocycles. The van der Waals surface area contributed by atoms with Gasteiger partial charge in [-0.3, -0.25) is 0 Å². The maximum Gasteiger partial charge on any atom is 0.157 e. The summed E-state index contributed by atoms with van der Waals surface area (Å²) in [6.07, 6.45) is 1.61. The molecule has 0 aliphatic carbocycles. The lowest BCUT2D eigenvalue weighted by Gasteiger charge is -2.00. The van der Waals surface area contributed by atoms with Gasteiger partial charge < -0.3 is 9.73 Å². The molecule has 0 bridgehead atoms. The molecule has 0 spiro atoms. The maximum atomic E-state index is 11.7. The molecule has 0 aliphatic heterocycles. The van der Waals surface area contributed by atoms with Gasteiger partial charge in [0.05, 0.1) is 12.3 Å². The molecule has 4 nitrogen and oxygen atoms in total. The molecule has 0 aliphatic rings. The van der Waals surface area contributed by atoms with Gasteiger partial charge in [0.15, 0.2) is 9.84 Å². The molecule has 0 radical (unpaired) electrons. The topological polar surface area (TPSA) is 59.3 Å². The zero-order chi connectivity index (χ0) is 12.0. The highest BCUT2D eigenvalue weighted by atomic mass is 32.2. The van der Waals surface area contributed by atoms with E-state index in [2.05, 4.69) is 5.32 Å². The Balaban J connectivity index is 2.58. The van der Waals surface area contributed by atoms with Gasteiger partial charge in [-0.05, 0) is 25.6 Å². The van der Waals surface area contributed by atoms with Crippen LogP contribution in [-0.4, -0.2) is 21.2 Å². The fourth-order valence-electron chi connectivity index (χ4n) is 1.42. The van der Waals surface area contributed by atoms with Crippen LogP contribution in [0.3, 0.4) is 0 Å². The Morgan fingerprint density at radius 3 is 2.62 bits per heavy atom. The fraction of sp³-hybridized carbons (Fsp3) is 0.636. The first kappa shape index (κ1) is 13.3. The number of furan rings is 1. The van der Waals surface area contributed by atoms with Gasteiger partial charge in [-0.1, -0.05) is 13.3 Å². The molecule has 16 heavy (non-hydrogen) atoms. The molecular weight excluding hydrogens is 226 g/mol. The lowest BCUT2D eigenvalue weighted by atomic mass is 10.4. The van der Waals surface area contributed by atoms with Crippen molar-refractivity contribution in [1.29, 1.82) is 0 Å². The van der Waals surface area contributed by atoms with Crippen LogP contribution >= 0.6 is 0 Å². The summed E-state index contributed by atoms with van der Waals surface area (Å²) in [5.74, 6) is 1.55. The van der Waals surface area contributed by atoms with Crippen LogP contribution in [0.15, 0.2) is 16.5 Å². The van der Waals surface area contributed by atoms with E-state index in [1.165, 1.54) is 0 Å². The second kappa shape index (κ2) is 6.06. The van der Waals surface area contributed by atoms with Crippen molar-refractivity contribution in [2.24, 2.45) is 0 Å². The van der Waals surface area contributed by atoms with Crippen molar-refractivity contribution in [2.75, 3.05) is 12.8 Å². The van der Waals surface area contributed by atoms with E-state index >= 15 is 0 Å². The standard InChI is InChI=1S/C11H19NO3S/c1-3-4-7-16(13,14)9-11-6-5-10(15-11)8-12-2/h5-6,12H,3-4,7-9H2,1-2H3. The van der Waals surface area contributed by atoms with Crippen LogP contribution in [0.1, 0.15) is 31.3 Å². The molecule has 92 valence electrons. The van der Waals surface area contributed by atoms with Crippen LogP contribution in [0.5, 0.6) is 0 Å². The number of hydrogen-bond donors (Lipinski definition) is 1. The minimum absolute atomic E-state index is 0.0106. The summed E-state index contributed by atoms with van der Waals surface area (Å²) < 4.78 is 28.7. The Kier molecular flexibility index (Phi) is 5.02. The third kappa shape index (κ3) is 4.37. The highest BCUT2D eigenvalue weighted by Gasteiger charge is 2.14. The summed E-state index contributed by atoms with van der Waals surface area (Å²) in [5, 5.41) is 2.95. The lowest BCUT2D eigenvalue weighted by Crippen LogP contribution is -2.08. The second-order valence-electron chi connectivity index (χ2n) is 3.84. The van der Waals surface area contributed by atoms with E-state index in [9.17, 15) is 8.42 Å². The first-order valence-electron chi connectivity index (χ1n) is 5.50. The third-order valence-electron chi connectivity index (χ3n) is 2.24. The van der Waals surface area contributed by atoms with E-state index < -0.39 is 9.84 Å². The fourth-order valence-corrected chi connectivity index (χ4v) is 2.88. The monoisotopic (exact) mass is 245 g/mol. The number of nitrogens with one attached hydrogen (secondary N) is 1. The summed E-state index contributed by atoms with van der Waals surface area (Å²) in [6, 6.07) is 3.54. The summed E-state index contributed by atoms with van der Waals surface area (Å²) in [5.41, 5.74) is 0. The largest absolute Gasteiger partial charge is 0.464 e. The molecule has 0 atom stereocenters. The first-order valence-corrected chi connectivity index (χ1v) is 7.32. The van der Waals surface area contributed by atoms with E-state index in [0.717, 1.165) is 12.2 Å². The van der Waals surface area contributed by atoms with Gasteiger partial charge in [-0.2, -0.15) is 0 Å². The number of hydrogen-bond acceptors (Lipinski definition) is 4. The maximum absolute atomic E-state index is 11.7. The Morgan fingerprint density at radius 1 is 1.31 bits per heavy atom. The van der Waals surface area contributed by atoms with Crippen LogP contribution in [0.4, 0.5) is 0 Å². The average Bonchev–Trinajstić information content (AvgIpc) is 2.62. The van der Waals surface area contributed by atoms with E-state index in [1.807, 2.05) is 14.0 Å². The van der Waals surface area contributed by atoms with Crippen molar-refractivity contribution in [2.45, 2.75) is 32.1 Å². The predicted molar refractivity (Wildman–Crippen MR) is 63.9 cm³/mol. The normalized spacial score (nSPS) is 11.9. The molecule has 0 saturated carbocycles. The average molecular weight is 245 g/mol. The molecule has 1 aromatic rings.